The number of nitrogens with zero attached hydrogens (tertiary/aromatic N) is 4. The molecule has 3 aromatic rings. The van der Waals surface area contributed by atoms with Crippen molar-refractivity contribution in [3.8, 4) is 6.07 Å². The molecule has 1 heterocycles. The second-order valence-corrected chi connectivity index (χ2v) is 6.33. The number of hydrogen-bond acceptors (Lipinski definition) is 4. The van der Waals surface area contributed by atoms with Gasteiger partial charge in [-0.2, -0.15) is 5.26 Å². The number of fused-ring (bicyclic) bond motifs is 1. The summed E-state index contributed by atoms with van der Waals surface area (Å²) in [7, 11) is 0. The lowest BCUT2D eigenvalue weighted by atomic mass is 10.3. The molecule has 5 nitrogen and oxygen atoms in total. The summed E-state index contributed by atoms with van der Waals surface area (Å²) in [6.45, 7) is 2.89. The molecular weight excluding hydrogens is 332 g/mol. The van der Waals surface area contributed by atoms with Crippen molar-refractivity contribution in [3.63, 3.8) is 0 Å². The molecule has 1 aromatic heterocycles. The van der Waals surface area contributed by atoms with Gasteiger partial charge in [0.25, 0.3) is 0 Å². The Morgan fingerprint density at radius 2 is 1.92 bits per heavy atom. The Labute approximate surface area is 150 Å². The average Bonchev–Trinajstić information content (AvgIpc) is 3.02. The minimum Gasteiger partial charge on any atom is -0.319 e. The first-order valence-corrected chi connectivity index (χ1v) is 9.03. The van der Waals surface area contributed by atoms with E-state index >= 15 is 0 Å². The molecule has 3 rings (SSSR count). The van der Waals surface area contributed by atoms with E-state index in [2.05, 4.69) is 22.5 Å². The number of hydrogen-bond donors (Lipinski definition) is 0. The summed E-state index contributed by atoms with van der Waals surface area (Å²) in [5, 5.41) is 9.86. The number of anilines is 1. The van der Waals surface area contributed by atoms with E-state index in [0.29, 0.717) is 0 Å². The van der Waals surface area contributed by atoms with Crippen molar-refractivity contribution in [2.75, 3.05) is 17.2 Å². The van der Waals surface area contributed by atoms with E-state index in [4.69, 9.17) is 5.26 Å². The fourth-order valence-corrected chi connectivity index (χ4v) is 3.63. The summed E-state index contributed by atoms with van der Waals surface area (Å²) in [6.07, 6.45) is 0. The maximum Gasteiger partial charge on any atom is 0.238 e. The van der Waals surface area contributed by atoms with Gasteiger partial charge in [0.15, 0.2) is 5.16 Å². The number of aromatic nitrogens is 2. The predicted octanol–water partition coefficient (Wildman–Crippen LogP) is 3.71. The smallest absolute Gasteiger partial charge is 0.238 e. The topological polar surface area (TPSA) is 61.9 Å². The van der Waals surface area contributed by atoms with Crippen LogP contribution in [0.4, 0.5) is 5.69 Å². The molecule has 0 fully saturated rings. The van der Waals surface area contributed by atoms with Crippen LogP contribution >= 0.6 is 11.8 Å². The Bertz CT molecular complexity index is 914. The Balaban J connectivity index is 1.78. The van der Waals surface area contributed by atoms with Gasteiger partial charge >= 0.3 is 0 Å². The standard InChI is InChI=1S/C19H18N4OS/c1-2-22-17-11-7-6-10-16(17)21-19(22)25-14-18(24)23(13-12-20)15-8-4-3-5-9-15/h3-11H,2,13-14H2,1H3. The van der Waals surface area contributed by atoms with E-state index in [9.17, 15) is 4.79 Å². The van der Waals surface area contributed by atoms with Gasteiger partial charge in [-0.25, -0.2) is 4.98 Å². The highest BCUT2D eigenvalue weighted by Gasteiger charge is 2.17. The molecule has 0 aliphatic rings. The molecule has 25 heavy (non-hydrogen) atoms. The highest BCUT2D eigenvalue weighted by molar-refractivity contribution is 7.99. The minimum absolute atomic E-state index is 0.0353. The van der Waals surface area contributed by atoms with Crippen molar-refractivity contribution >= 4 is 34.4 Å². The molecule has 0 spiro atoms. The molecule has 0 unspecified atom stereocenters. The van der Waals surface area contributed by atoms with Crippen molar-refractivity contribution in [2.24, 2.45) is 0 Å². The van der Waals surface area contributed by atoms with Gasteiger partial charge in [-0.15, -0.1) is 0 Å². The quantitative estimate of drug-likeness (QED) is 0.502. The average molecular weight is 350 g/mol. The third kappa shape index (κ3) is 3.67. The molecule has 0 N–H and O–H groups in total. The summed E-state index contributed by atoms with van der Waals surface area (Å²) in [5.41, 5.74) is 2.73. The normalized spacial score (nSPS) is 10.6. The van der Waals surface area contributed by atoms with Crippen LogP contribution < -0.4 is 4.90 Å². The number of amides is 1. The summed E-state index contributed by atoms with van der Waals surface area (Å²) >= 11 is 1.41. The van der Waals surface area contributed by atoms with Crippen molar-refractivity contribution in [1.29, 1.82) is 5.26 Å². The number of aryl methyl sites for hydroxylation is 1. The summed E-state index contributed by atoms with van der Waals surface area (Å²) in [4.78, 5) is 18.8. The largest absolute Gasteiger partial charge is 0.319 e. The molecule has 0 aliphatic carbocycles. The molecule has 0 saturated heterocycles. The molecule has 0 aliphatic heterocycles. The zero-order valence-corrected chi connectivity index (χ0v) is 14.7. The first-order chi connectivity index (χ1) is 12.2. The number of imidazole rings is 1. The van der Waals surface area contributed by atoms with Gasteiger partial charge in [-0.05, 0) is 31.2 Å². The van der Waals surface area contributed by atoms with Crippen LogP contribution in [0, 0.1) is 11.3 Å². The van der Waals surface area contributed by atoms with Gasteiger partial charge in [-0.3, -0.25) is 9.69 Å². The third-order valence-electron chi connectivity index (χ3n) is 3.86. The van der Waals surface area contributed by atoms with Crippen molar-refractivity contribution < 1.29 is 4.79 Å². The third-order valence-corrected chi connectivity index (χ3v) is 4.82. The van der Waals surface area contributed by atoms with Crippen LogP contribution in [0.2, 0.25) is 0 Å². The lowest BCUT2D eigenvalue weighted by Crippen LogP contribution is -2.32. The number of rotatable bonds is 6. The lowest BCUT2D eigenvalue weighted by molar-refractivity contribution is -0.116. The van der Waals surface area contributed by atoms with Crippen LogP contribution in [0.1, 0.15) is 6.92 Å². The molecule has 126 valence electrons. The van der Waals surface area contributed by atoms with E-state index in [1.807, 2.05) is 54.6 Å². The molecule has 0 saturated carbocycles. The summed E-state index contributed by atoms with van der Waals surface area (Å²) < 4.78 is 2.10. The predicted molar refractivity (Wildman–Crippen MR) is 101 cm³/mol. The van der Waals surface area contributed by atoms with Crippen LogP contribution in [0.15, 0.2) is 59.8 Å². The SMILES string of the molecule is CCn1c(SCC(=O)N(CC#N)c2ccccc2)nc2ccccc21. The highest BCUT2D eigenvalue weighted by atomic mass is 32.2. The molecule has 6 heteroatoms. The van der Waals surface area contributed by atoms with Crippen LogP contribution in [-0.2, 0) is 11.3 Å². The Morgan fingerprint density at radius 1 is 1.20 bits per heavy atom. The summed E-state index contributed by atoms with van der Waals surface area (Å²) in [6, 6.07) is 19.3. The van der Waals surface area contributed by atoms with Gasteiger partial charge in [0, 0.05) is 12.2 Å². The van der Waals surface area contributed by atoms with Crippen molar-refractivity contribution in [2.45, 2.75) is 18.6 Å². The lowest BCUT2D eigenvalue weighted by Gasteiger charge is -2.19. The first-order valence-electron chi connectivity index (χ1n) is 8.05. The number of carbonyl (C=O) groups excluding carboxylic acids is 1. The zero-order valence-electron chi connectivity index (χ0n) is 13.9. The van der Waals surface area contributed by atoms with E-state index < -0.39 is 0 Å². The van der Waals surface area contributed by atoms with E-state index in [1.54, 1.807) is 0 Å². The summed E-state index contributed by atoms with van der Waals surface area (Å²) in [5.74, 6) is 0.132. The van der Waals surface area contributed by atoms with Crippen LogP contribution in [0.5, 0.6) is 0 Å². The first kappa shape index (κ1) is 17.1. The fraction of sp³-hybridized carbons (Fsp3) is 0.211. The Hall–Kier alpha value is -2.78. The molecule has 0 radical (unpaired) electrons. The number of thioether (sulfide) groups is 1. The number of benzene rings is 2. The van der Waals surface area contributed by atoms with Crippen LogP contribution in [0.3, 0.4) is 0 Å². The number of nitriles is 1. The molecule has 1 amide bonds. The van der Waals surface area contributed by atoms with Crippen LogP contribution in [-0.4, -0.2) is 27.8 Å². The van der Waals surface area contributed by atoms with Crippen molar-refractivity contribution in [3.05, 3.63) is 54.6 Å². The second-order valence-electron chi connectivity index (χ2n) is 5.39. The van der Waals surface area contributed by atoms with Gasteiger partial charge in [0.05, 0.1) is 22.9 Å². The monoisotopic (exact) mass is 350 g/mol. The van der Waals surface area contributed by atoms with Crippen molar-refractivity contribution in [1.82, 2.24) is 9.55 Å². The van der Waals surface area contributed by atoms with E-state index in [-0.39, 0.29) is 18.2 Å². The molecule has 0 atom stereocenters. The maximum atomic E-state index is 12.6. The maximum absolute atomic E-state index is 12.6. The van der Waals surface area contributed by atoms with E-state index in [1.165, 1.54) is 16.7 Å². The van der Waals surface area contributed by atoms with E-state index in [0.717, 1.165) is 28.4 Å². The minimum atomic E-state index is -0.104. The zero-order chi connectivity index (χ0) is 17.6. The number of carbonyl (C=O) groups is 1. The fourth-order valence-electron chi connectivity index (χ4n) is 2.68. The van der Waals surface area contributed by atoms with Gasteiger partial charge in [0.2, 0.25) is 5.91 Å². The van der Waals surface area contributed by atoms with Gasteiger partial charge in [-0.1, -0.05) is 42.1 Å². The molecule has 2 aromatic carbocycles. The number of para-hydroxylation sites is 3. The van der Waals surface area contributed by atoms with Gasteiger partial charge < -0.3 is 4.57 Å². The Kier molecular flexibility index (Phi) is 5.36. The van der Waals surface area contributed by atoms with Gasteiger partial charge in [0.1, 0.15) is 6.54 Å². The Morgan fingerprint density at radius 3 is 2.64 bits per heavy atom. The van der Waals surface area contributed by atoms with Crippen LogP contribution in [0.25, 0.3) is 11.0 Å². The molecule has 0 bridgehead atoms. The second kappa shape index (κ2) is 7.86. The molecular formula is C19H18N4OS. The highest BCUT2D eigenvalue weighted by Crippen LogP contribution is 2.25.